The van der Waals surface area contributed by atoms with Gasteiger partial charge in [0.05, 0.1) is 6.04 Å². The van der Waals surface area contributed by atoms with E-state index in [0.717, 1.165) is 36.8 Å². The van der Waals surface area contributed by atoms with Crippen molar-refractivity contribution in [1.82, 2.24) is 10.6 Å². The number of methoxy groups -OCH3 is 1. The van der Waals surface area contributed by atoms with E-state index in [4.69, 9.17) is 4.74 Å². The molecule has 1 aromatic carbocycles. The van der Waals surface area contributed by atoms with Crippen LogP contribution in [0.15, 0.2) is 18.2 Å². The number of aryl methyl sites for hydroxylation is 1. The van der Waals surface area contributed by atoms with Gasteiger partial charge in [-0.05, 0) is 48.9 Å². The number of amides is 2. The third kappa shape index (κ3) is 5.35. The van der Waals surface area contributed by atoms with Crippen molar-refractivity contribution < 1.29 is 23.0 Å². The molecule has 0 saturated carbocycles. The van der Waals surface area contributed by atoms with Crippen molar-refractivity contribution in [2.45, 2.75) is 38.3 Å². The van der Waals surface area contributed by atoms with Crippen LogP contribution in [0.25, 0.3) is 0 Å². The van der Waals surface area contributed by atoms with E-state index in [2.05, 4.69) is 15.4 Å². The van der Waals surface area contributed by atoms with E-state index in [9.17, 15) is 13.6 Å². The van der Waals surface area contributed by atoms with Crippen LogP contribution in [0.5, 0.6) is 5.75 Å². The summed E-state index contributed by atoms with van der Waals surface area (Å²) < 4.78 is 33.9. The van der Waals surface area contributed by atoms with E-state index >= 15 is 0 Å². The maximum absolute atomic E-state index is 12.3. The molecule has 128 valence electrons. The Bertz CT molecular complexity index is 526. The second kappa shape index (κ2) is 8.67. The molecule has 2 N–H and O–H groups in total. The molecule has 1 aromatic rings. The zero-order chi connectivity index (χ0) is 16.7. The first kappa shape index (κ1) is 17.5. The quantitative estimate of drug-likeness (QED) is 0.757. The average molecular weight is 328 g/mol. The summed E-state index contributed by atoms with van der Waals surface area (Å²) in [7, 11) is 1.62. The number of fused-ring (bicyclic) bond motifs is 1. The molecule has 0 aromatic heterocycles. The van der Waals surface area contributed by atoms with Gasteiger partial charge >= 0.3 is 12.6 Å². The third-order valence-corrected chi connectivity index (χ3v) is 3.77. The van der Waals surface area contributed by atoms with Crippen LogP contribution in [0.2, 0.25) is 0 Å². The minimum absolute atomic E-state index is 0.109. The molecular formula is C16H22F2N2O3. The zero-order valence-electron chi connectivity index (χ0n) is 13.1. The molecule has 1 unspecified atom stereocenters. The highest BCUT2D eigenvalue weighted by Crippen LogP contribution is 2.32. The number of alkyl halides is 2. The third-order valence-electron chi connectivity index (χ3n) is 3.77. The number of halogens is 2. The van der Waals surface area contributed by atoms with Crippen LogP contribution in [0.3, 0.4) is 0 Å². The molecule has 0 fully saturated rings. The minimum Gasteiger partial charge on any atom is -0.435 e. The lowest BCUT2D eigenvalue weighted by molar-refractivity contribution is -0.0499. The Kier molecular flexibility index (Phi) is 6.58. The Morgan fingerprint density at radius 1 is 1.43 bits per heavy atom. The number of rotatable bonds is 7. The standard InChI is InChI=1S/C16H22F2N2O3/c1-22-9-3-8-19-16(21)20-14-5-2-4-11-10-12(23-15(17)18)6-7-13(11)14/h6-7,10,14-15H,2-5,8-9H2,1H3,(H2,19,20,21). The fourth-order valence-corrected chi connectivity index (χ4v) is 2.74. The van der Waals surface area contributed by atoms with Crippen molar-refractivity contribution in [3.05, 3.63) is 29.3 Å². The van der Waals surface area contributed by atoms with E-state index in [-0.39, 0.29) is 17.8 Å². The van der Waals surface area contributed by atoms with Crippen molar-refractivity contribution in [2.75, 3.05) is 20.3 Å². The fourth-order valence-electron chi connectivity index (χ4n) is 2.74. The van der Waals surface area contributed by atoms with Crippen molar-refractivity contribution in [3.63, 3.8) is 0 Å². The summed E-state index contributed by atoms with van der Waals surface area (Å²) >= 11 is 0. The van der Waals surface area contributed by atoms with Gasteiger partial charge in [0, 0.05) is 20.3 Å². The van der Waals surface area contributed by atoms with Crippen LogP contribution < -0.4 is 15.4 Å². The zero-order valence-corrected chi connectivity index (χ0v) is 13.1. The average Bonchev–Trinajstić information content (AvgIpc) is 2.51. The number of nitrogens with one attached hydrogen (secondary N) is 2. The van der Waals surface area contributed by atoms with E-state index in [0.29, 0.717) is 13.2 Å². The summed E-state index contributed by atoms with van der Waals surface area (Å²) in [5, 5.41) is 5.71. The predicted molar refractivity (Wildman–Crippen MR) is 81.8 cm³/mol. The number of hydrogen-bond donors (Lipinski definition) is 2. The molecule has 1 aliphatic carbocycles. The minimum atomic E-state index is -2.83. The Labute approximate surface area is 134 Å². The van der Waals surface area contributed by atoms with Crippen LogP contribution >= 0.6 is 0 Å². The molecule has 0 radical (unpaired) electrons. The molecule has 23 heavy (non-hydrogen) atoms. The van der Waals surface area contributed by atoms with Gasteiger partial charge in [0.1, 0.15) is 5.75 Å². The summed E-state index contributed by atoms with van der Waals surface area (Å²) in [5.41, 5.74) is 1.91. The number of ether oxygens (including phenoxy) is 2. The van der Waals surface area contributed by atoms with Crippen LogP contribution in [0.4, 0.5) is 13.6 Å². The maximum Gasteiger partial charge on any atom is 0.387 e. The van der Waals surface area contributed by atoms with Crippen LogP contribution in [0.1, 0.15) is 36.4 Å². The molecular weight excluding hydrogens is 306 g/mol. The van der Waals surface area contributed by atoms with E-state index in [1.807, 2.05) is 0 Å². The van der Waals surface area contributed by atoms with Crippen LogP contribution in [0, 0.1) is 0 Å². The molecule has 1 aliphatic rings. The van der Waals surface area contributed by atoms with Crippen molar-refractivity contribution in [3.8, 4) is 5.75 Å². The highest BCUT2D eigenvalue weighted by atomic mass is 19.3. The molecule has 0 bridgehead atoms. The van der Waals surface area contributed by atoms with Gasteiger partial charge in [0.25, 0.3) is 0 Å². The molecule has 0 heterocycles. The first-order chi connectivity index (χ1) is 11.1. The van der Waals surface area contributed by atoms with Gasteiger partial charge in [0.15, 0.2) is 0 Å². The van der Waals surface area contributed by atoms with E-state index in [1.54, 1.807) is 19.2 Å². The highest BCUT2D eigenvalue weighted by Gasteiger charge is 2.22. The predicted octanol–water partition coefficient (Wildman–Crippen LogP) is 3.00. The van der Waals surface area contributed by atoms with Gasteiger partial charge in [-0.25, -0.2) is 4.79 Å². The SMILES string of the molecule is COCCCNC(=O)NC1CCCc2cc(OC(F)F)ccc21. The first-order valence-electron chi connectivity index (χ1n) is 7.71. The second-order valence-corrected chi connectivity index (χ2v) is 5.43. The summed E-state index contributed by atoms with van der Waals surface area (Å²) in [4.78, 5) is 11.9. The number of hydrogen-bond acceptors (Lipinski definition) is 3. The smallest absolute Gasteiger partial charge is 0.387 e. The Hall–Kier alpha value is -1.89. The largest absolute Gasteiger partial charge is 0.435 e. The summed E-state index contributed by atoms with van der Waals surface area (Å²) in [6, 6.07) is 4.56. The van der Waals surface area contributed by atoms with E-state index < -0.39 is 6.61 Å². The Morgan fingerprint density at radius 2 is 2.26 bits per heavy atom. The molecule has 2 rings (SSSR count). The second-order valence-electron chi connectivity index (χ2n) is 5.43. The molecule has 0 spiro atoms. The maximum atomic E-state index is 12.3. The van der Waals surface area contributed by atoms with Gasteiger partial charge in [-0.3, -0.25) is 0 Å². The molecule has 1 atom stereocenters. The molecule has 0 saturated heterocycles. The van der Waals surface area contributed by atoms with Gasteiger partial charge in [-0.1, -0.05) is 6.07 Å². The number of benzene rings is 1. The fraction of sp³-hybridized carbons (Fsp3) is 0.562. The van der Waals surface area contributed by atoms with Gasteiger partial charge in [-0.15, -0.1) is 0 Å². The lowest BCUT2D eigenvalue weighted by Gasteiger charge is -2.27. The lowest BCUT2D eigenvalue weighted by atomic mass is 9.87. The monoisotopic (exact) mass is 328 g/mol. The number of urea groups is 1. The Morgan fingerprint density at radius 3 is 3.00 bits per heavy atom. The van der Waals surface area contributed by atoms with Gasteiger partial charge < -0.3 is 20.1 Å². The summed E-state index contributed by atoms with van der Waals surface area (Å²) in [6.07, 6.45) is 3.26. The molecule has 5 nitrogen and oxygen atoms in total. The lowest BCUT2D eigenvalue weighted by Crippen LogP contribution is -2.39. The summed E-state index contributed by atoms with van der Waals surface area (Å²) in [6.45, 7) is -1.69. The Balaban J connectivity index is 1.94. The number of carbonyl (C=O) groups is 1. The van der Waals surface area contributed by atoms with Crippen LogP contribution in [-0.2, 0) is 11.2 Å². The van der Waals surface area contributed by atoms with Crippen molar-refractivity contribution in [1.29, 1.82) is 0 Å². The van der Waals surface area contributed by atoms with E-state index in [1.165, 1.54) is 6.07 Å². The molecule has 7 heteroatoms. The summed E-state index contributed by atoms with van der Waals surface area (Å²) in [5.74, 6) is 0.156. The van der Waals surface area contributed by atoms with Gasteiger partial charge in [0.2, 0.25) is 0 Å². The number of carbonyl (C=O) groups excluding carboxylic acids is 1. The topological polar surface area (TPSA) is 59.6 Å². The molecule has 2 amide bonds. The van der Waals surface area contributed by atoms with Crippen LogP contribution in [-0.4, -0.2) is 32.9 Å². The normalized spacial score (nSPS) is 16.8. The van der Waals surface area contributed by atoms with Gasteiger partial charge in [-0.2, -0.15) is 8.78 Å². The highest BCUT2D eigenvalue weighted by molar-refractivity contribution is 5.74. The van der Waals surface area contributed by atoms with Crippen molar-refractivity contribution in [2.24, 2.45) is 0 Å². The van der Waals surface area contributed by atoms with Crippen molar-refractivity contribution >= 4 is 6.03 Å². The molecule has 0 aliphatic heterocycles. The first-order valence-corrected chi connectivity index (χ1v) is 7.71.